The lowest BCUT2D eigenvalue weighted by molar-refractivity contribution is 0.0717. The van der Waals surface area contributed by atoms with Crippen molar-refractivity contribution >= 4 is 16.0 Å². The Hall–Kier alpha value is -4.18. The summed E-state index contributed by atoms with van der Waals surface area (Å²) in [6.07, 6.45) is 1.48. The molecular formula is C26H21F2NO6S. The minimum atomic E-state index is -4.29. The predicted octanol–water partition coefficient (Wildman–Crippen LogP) is 5.18. The van der Waals surface area contributed by atoms with E-state index in [9.17, 15) is 22.0 Å². The Balaban J connectivity index is 1.63. The fraction of sp³-hybridized carbons (Fsp3) is 0.115. The Bertz CT molecular complexity index is 1440. The molecule has 36 heavy (non-hydrogen) atoms. The fourth-order valence-electron chi connectivity index (χ4n) is 3.44. The summed E-state index contributed by atoms with van der Waals surface area (Å²) in [4.78, 5) is 14.4. The number of hydrogen-bond acceptors (Lipinski definition) is 6. The van der Waals surface area contributed by atoms with E-state index >= 15 is 0 Å². The Labute approximate surface area is 206 Å². The van der Waals surface area contributed by atoms with Crippen LogP contribution in [0.25, 0.3) is 0 Å². The maximum absolute atomic E-state index is 13.4. The van der Waals surface area contributed by atoms with Crippen molar-refractivity contribution in [3.63, 3.8) is 0 Å². The van der Waals surface area contributed by atoms with Crippen LogP contribution in [0.15, 0.2) is 94.4 Å². The van der Waals surface area contributed by atoms with Gasteiger partial charge in [0.15, 0.2) is 11.5 Å². The minimum Gasteiger partial charge on any atom is -0.493 e. The van der Waals surface area contributed by atoms with E-state index in [4.69, 9.17) is 13.3 Å². The molecule has 1 heterocycles. The van der Waals surface area contributed by atoms with Crippen LogP contribution in [0, 0.1) is 11.6 Å². The molecule has 0 bridgehead atoms. The van der Waals surface area contributed by atoms with Crippen molar-refractivity contribution in [1.29, 1.82) is 0 Å². The molecule has 0 saturated carbocycles. The van der Waals surface area contributed by atoms with E-state index in [-0.39, 0.29) is 41.0 Å². The molecular weight excluding hydrogens is 492 g/mol. The van der Waals surface area contributed by atoms with Gasteiger partial charge in [-0.15, -0.1) is 0 Å². The van der Waals surface area contributed by atoms with Gasteiger partial charge in [-0.3, -0.25) is 4.79 Å². The van der Waals surface area contributed by atoms with Crippen molar-refractivity contribution in [3.05, 3.63) is 114 Å². The zero-order valence-corrected chi connectivity index (χ0v) is 19.9. The lowest BCUT2D eigenvalue weighted by Gasteiger charge is -2.22. The number of furan rings is 1. The number of rotatable bonds is 9. The minimum absolute atomic E-state index is 0.0495. The number of amides is 1. The number of carbonyl (C=O) groups excluding carboxylic acids is 1. The molecule has 186 valence electrons. The maximum atomic E-state index is 13.4. The Morgan fingerprint density at radius 3 is 2.17 bits per heavy atom. The van der Waals surface area contributed by atoms with E-state index < -0.39 is 21.8 Å². The van der Waals surface area contributed by atoms with Crippen LogP contribution in [-0.2, 0) is 23.2 Å². The zero-order chi connectivity index (χ0) is 25.7. The average molecular weight is 514 g/mol. The molecule has 1 aromatic heterocycles. The predicted molar refractivity (Wildman–Crippen MR) is 126 cm³/mol. The average Bonchev–Trinajstić information content (AvgIpc) is 3.37. The summed E-state index contributed by atoms with van der Waals surface area (Å²) in [7, 11) is -2.94. The molecule has 3 aromatic carbocycles. The first kappa shape index (κ1) is 24.9. The Morgan fingerprint density at radius 2 is 1.56 bits per heavy atom. The van der Waals surface area contributed by atoms with Crippen LogP contribution in [0.1, 0.15) is 21.7 Å². The third kappa shape index (κ3) is 5.89. The van der Waals surface area contributed by atoms with E-state index in [1.54, 1.807) is 18.2 Å². The topological polar surface area (TPSA) is 86.0 Å². The number of benzene rings is 3. The Morgan fingerprint density at radius 1 is 0.889 bits per heavy atom. The van der Waals surface area contributed by atoms with Gasteiger partial charge < -0.3 is 18.2 Å². The molecule has 0 radical (unpaired) electrons. The molecule has 0 unspecified atom stereocenters. The van der Waals surface area contributed by atoms with Gasteiger partial charge in [-0.25, -0.2) is 8.78 Å². The zero-order valence-electron chi connectivity index (χ0n) is 19.1. The molecule has 4 rings (SSSR count). The van der Waals surface area contributed by atoms with E-state index in [2.05, 4.69) is 0 Å². The van der Waals surface area contributed by atoms with Gasteiger partial charge in [0, 0.05) is 12.1 Å². The largest absolute Gasteiger partial charge is 0.493 e. The second-order valence-corrected chi connectivity index (χ2v) is 9.27. The lowest BCUT2D eigenvalue weighted by atomic mass is 10.1. The normalized spacial score (nSPS) is 11.2. The van der Waals surface area contributed by atoms with Gasteiger partial charge in [-0.1, -0.05) is 6.07 Å². The molecule has 0 saturated heterocycles. The van der Waals surface area contributed by atoms with E-state index in [1.807, 2.05) is 0 Å². The third-order valence-electron chi connectivity index (χ3n) is 5.21. The fourth-order valence-corrected chi connectivity index (χ4v) is 4.37. The third-order valence-corrected chi connectivity index (χ3v) is 6.46. The monoisotopic (exact) mass is 513 g/mol. The van der Waals surface area contributed by atoms with Gasteiger partial charge in [0.1, 0.15) is 22.3 Å². The number of halogens is 2. The first-order valence-corrected chi connectivity index (χ1v) is 12.1. The quantitative estimate of drug-likeness (QED) is 0.287. The maximum Gasteiger partial charge on any atom is 0.339 e. The number of nitrogens with zero attached hydrogens (tertiary/aromatic N) is 1. The second-order valence-electron chi connectivity index (χ2n) is 7.72. The van der Waals surface area contributed by atoms with Crippen LogP contribution < -0.4 is 8.92 Å². The lowest BCUT2D eigenvalue weighted by Crippen LogP contribution is -2.30. The van der Waals surface area contributed by atoms with Gasteiger partial charge in [0.05, 0.1) is 19.9 Å². The molecule has 10 heteroatoms. The van der Waals surface area contributed by atoms with Gasteiger partial charge in [0.25, 0.3) is 5.91 Å². The summed E-state index contributed by atoms with van der Waals surface area (Å²) in [5.74, 6) is -0.879. The highest BCUT2D eigenvalue weighted by atomic mass is 32.2. The van der Waals surface area contributed by atoms with E-state index in [0.29, 0.717) is 11.3 Å². The van der Waals surface area contributed by atoms with Crippen molar-refractivity contribution in [3.8, 4) is 11.5 Å². The van der Waals surface area contributed by atoms with Crippen molar-refractivity contribution in [2.24, 2.45) is 0 Å². The molecule has 0 spiro atoms. The highest BCUT2D eigenvalue weighted by Crippen LogP contribution is 2.32. The first-order chi connectivity index (χ1) is 17.2. The molecule has 4 aromatic rings. The molecule has 0 aliphatic carbocycles. The van der Waals surface area contributed by atoms with Gasteiger partial charge >= 0.3 is 10.1 Å². The highest BCUT2D eigenvalue weighted by Gasteiger charge is 2.22. The smallest absolute Gasteiger partial charge is 0.339 e. The van der Waals surface area contributed by atoms with Crippen molar-refractivity contribution in [2.45, 2.75) is 18.0 Å². The van der Waals surface area contributed by atoms with Crippen molar-refractivity contribution in [1.82, 2.24) is 4.90 Å². The molecule has 0 atom stereocenters. The first-order valence-electron chi connectivity index (χ1n) is 10.7. The molecule has 0 aliphatic heterocycles. The van der Waals surface area contributed by atoms with Crippen LogP contribution in [0.4, 0.5) is 8.78 Å². The standard InChI is InChI=1S/C26H21F2NO6S/c1-33-24-13-4-18(15-25(24)35-36(31,32)23-11-9-21(28)10-12-23)16-29(17-22-3-2-14-34-22)26(30)19-5-7-20(27)8-6-19/h2-15H,16-17H2,1H3. The highest BCUT2D eigenvalue weighted by molar-refractivity contribution is 7.87. The number of carbonyl (C=O) groups is 1. The molecule has 0 N–H and O–H groups in total. The van der Waals surface area contributed by atoms with Crippen molar-refractivity contribution in [2.75, 3.05) is 7.11 Å². The van der Waals surface area contributed by atoms with Gasteiger partial charge in [0.2, 0.25) is 0 Å². The van der Waals surface area contributed by atoms with Crippen LogP contribution in [-0.4, -0.2) is 26.3 Å². The van der Waals surface area contributed by atoms with Crippen LogP contribution in [0.2, 0.25) is 0 Å². The molecule has 0 fully saturated rings. The summed E-state index contributed by atoms with van der Waals surface area (Å²) in [5.41, 5.74) is 0.800. The van der Waals surface area contributed by atoms with Crippen LogP contribution in [0.3, 0.4) is 0 Å². The summed E-state index contributed by atoms with van der Waals surface area (Å²) in [5, 5.41) is 0. The molecule has 0 aliphatic rings. The number of ether oxygens (including phenoxy) is 1. The van der Waals surface area contributed by atoms with E-state index in [0.717, 1.165) is 24.3 Å². The van der Waals surface area contributed by atoms with E-state index in [1.165, 1.54) is 54.7 Å². The Kier molecular flexibility index (Phi) is 7.35. The summed E-state index contributed by atoms with van der Waals surface area (Å²) in [6.45, 7) is 0.160. The van der Waals surface area contributed by atoms with Gasteiger partial charge in [-0.05, 0) is 78.4 Å². The van der Waals surface area contributed by atoms with Crippen LogP contribution >= 0.6 is 0 Å². The SMILES string of the molecule is COc1ccc(CN(Cc2ccco2)C(=O)c2ccc(F)cc2)cc1OS(=O)(=O)c1ccc(F)cc1. The van der Waals surface area contributed by atoms with Gasteiger partial charge in [-0.2, -0.15) is 8.42 Å². The van der Waals surface area contributed by atoms with Crippen LogP contribution in [0.5, 0.6) is 11.5 Å². The molecule has 7 nitrogen and oxygen atoms in total. The number of methoxy groups -OCH3 is 1. The second kappa shape index (κ2) is 10.6. The summed E-state index contributed by atoms with van der Waals surface area (Å²) < 4.78 is 68.0. The molecule has 1 amide bonds. The summed E-state index contributed by atoms with van der Waals surface area (Å²) >= 11 is 0. The summed E-state index contributed by atoms with van der Waals surface area (Å²) in [6, 6.07) is 17.4. The number of hydrogen-bond donors (Lipinski definition) is 0. The van der Waals surface area contributed by atoms with Crippen molar-refractivity contribution < 1.29 is 35.3 Å².